The zero-order chi connectivity index (χ0) is 15.8. The Balaban J connectivity index is 2.95. The summed E-state index contributed by atoms with van der Waals surface area (Å²) in [4.78, 5) is 26.2. The van der Waals surface area contributed by atoms with Crippen molar-refractivity contribution in [1.29, 1.82) is 0 Å². The van der Waals surface area contributed by atoms with Crippen LogP contribution in [0.1, 0.15) is 44.0 Å². The second-order valence-electron chi connectivity index (χ2n) is 4.83. The Morgan fingerprint density at radius 1 is 1.29 bits per heavy atom. The number of carbonyl (C=O) groups is 2. The van der Waals surface area contributed by atoms with E-state index in [2.05, 4.69) is 6.92 Å². The zero-order valence-corrected chi connectivity index (χ0v) is 13.7. The number of thioether (sulfide) groups is 1. The summed E-state index contributed by atoms with van der Waals surface area (Å²) in [6.07, 6.45) is 2.01. The molecule has 0 bridgehead atoms. The fraction of sp³-hybridized carbons (Fsp3) is 0.500. The van der Waals surface area contributed by atoms with Gasteiger partial charge in [0.2, 0.25) is 0 Å². The minimum absolute atomic E-state index is 0.0216. The van der Waals surface area contributed by atoms with Gasteiger partial charge in [0, 0.05) is 18.0 Å². The van der Waals surface area contributed by atoms with Crippen molar-refractivity contribution < 1.29 is 14.7 Å². The molecule has 1 unspecified atom stereocenters. The van der Waals surface area contributed by atoms with Gasteiger partial charge in [0.25, 0.3) is 5.91 Å². The molecule has 116 valence electrons. The van der Waals surface area contributed by atoms with Crippen molar-refractivity contribution in [1.82, 2.24) is 4.90 Å². The fourth-order valence-corrected chi connectivity index (χ4v) is 2.83. The SMILES string of the molecule is CCCCN(CC)C(=O)c1ccccc1SC(C)C(=O)O. The van der Waals surface area contributed by atoms with E-state index in [-0.39, 0.29) is 5.91 Å². The lowest BCUT2D eigenvalue weighted by atomic mass is 10.2. The molecule has 1 aromatic carbocycles. The van der Waals surface area contributed by atoms with E-state index >= 15 is 0 Å². The van der Waals surface area contributed by atoms with Crippen LogP contribution in [-0.2, 0) is 4.79 Å². The third-order valence-corrected chi connectivity index (χ3v) is 4.38. The van der Waals surface area contributed by atoms with Crippen LogP contribution in [-0.4, -0.2) is 40.2 Å². The Morgan fingerprint density at radius 3 is 2.52 bits per heavy atom. The highest BCUT2D eigenvalue weighted by Gasteiger charge is 2.20. The average Bonchev–Trinajstić information content (AvgIpc) is 2.48. The number of carboxylic acid groups (broad SMARTS) is 1. The van der Waals surface area contributed by atoms with E-state index in [1.165, 1.54) is 11.8 Å². The van der Waals surface area contributed by atoms with Crippen LogP contribution in [0.5, 0.6) is 0 Å². The number of amides is 1. The summed E-state index contributed by atoms with van der Waals surface area (Å²) in [5, 5.41) is 8.45. The van der Waals surface area contributed by atoms with Crippen molar-refractivity contribution in [3.8, 4) is 0 Å². The molecule has 5 heteroatoms. The van der Waals surface area contributed by atoms with E-state index in [0.717, 1.165) is 24.3 Å². The van der Waals surface area contributed by atoms with Gasteiger partial charge < -0.3 is 10.0 Å². The summed E-state index contributed by atoms with van der Waals surface area (Å²) in [6, 6.07) is 7.23. The molecule has 0 saturated heterocycles. The number of carbonyl (C=O) groups excluding carboxylic acids is 1. The first kappa shape index (κ1) is 17.6. The summed E-state index contributed by atoms with van der Waals surface area (Å²) in [7, 11) is 0. The smallest absolute Gasteiger partial charge is 0.316 e. The van der Waals surface area contributed by atoms with Crippen LogP contribution in [0.25, 0.3) is 0 Å². The lowest BCUT2D eigenvalue weighted by Crippen LogP contribution is -2.32. The van der Waals surface area contributed by atoms with Crippen molar-refractivity contribution in [2.24, 2.45) is 0 Å². The third kappa shape index (κ3) is 5.08. The number of nitrogens with zero attached hydrogens (tertiary/aromatic N) is 1. The van der Waals surface area contributed by atoms with Crippen molar-refractivity contribution in [2.45, 2.75) is 43.8 Å². The van der Waals surface area contributed by atoms with Gasteiger partial charge in [0.05, 0.1) is 5.56 Å². The molecule has 1 N–H and O–H groups in total. The Labute approximate surface area is 130 Å². The van der Waals surface area contributed by atoms with E-state index in [4.69, 9.17) is 5.11 Å². The molecule has 1 aromatic rings. The Hall–Kier alpha value is -1.49. The minimum Gasteiger partial charge on any atom is -0.480 e. The van der Waals surface area contributed by atoms with E-state index < -0.39 is 11.2 Å². The van der Waals surface area contributed by atoms with Crippen molar-refractivity contribution in [2.75, 3.05) is 13.1 Å². The first-order chi connectivity index (χ1) is 10.0. The van der Waals surface area contributed by atoms with Crippen LogP contribution in [0, 0.1) is 0 Å². The van der Waals surface area contributed by atoms with Gasteiger partial charge in [-0.05, 0) is 32.4 Å². The summed E-state index contributed by atoms with van der Waals surface area (Å²) in [5.74, 6) is -0.896. The highest BCUT2D eigenvalue weighted by atomic mass is 32.2. The van der Waals surface area contributed by atoms with Gasteiger partial charge >= 0.3 is 5.97 Å². The molecule has 1 amide bonds. The van der Waals surface area contributed by atoms with Gasteiger partial charge in [0.15, 0.2) is 0 Å². The quantitative estimate of drug-likeness (QED) is 0.747. The Kier molecular flexibility index (Phi) is 7.29. The Bertz CT molecular complexity index is 490. The second-order valence-corrected chi connectivity index (χ2v) is 6.22. The van der Waals surface area contributed by atoms with E-state index in [9.17, 15) is 9.59 Å². The number of unbranched alkanes of at least 4 members (excludes halogenated alkanes) is 1. The molecule has 0 spiro atoms. The predicted octanol–water partition coefficient (Wildman–Crippen LogP) is 3.51. The number of hydrogen-bond donors (Lipinski definition) is 1. The van der Waals surface area contributed by atoms with Crippen LogP contribution in [0.4, 0.5) is 0 Å². The van der Waals surface area contributed by atoms with Crippen LogP contribution in [0.15, 0.2) is 29.2 Å². The zero-order valence-electron chi connectivity index (χ0n) is 12.8. The second kappa shape index (κ2) is 8.72. The first-order valence-electron chi connectivity index (χ1n) is 7.29. The molecule has 0 saturated carbocycles. The number of carboxylic acids is 1. The maximum Gasteiger partial charge on any atom is 0.316 e. The maximum atomic E-state index is 12.6. The van der Waals surface area contributed by atoms with Gasteiger partial charge in [-0.15, -0.1) is 11.8 Å². The predicted molar refractivity (Wildman–Crippen MR) is 85.9 cm³/mol. The Morgan fingerprint density at radius 2 is 1.95 bits per heavy atom. The van der Waals surface area contributed by atoms with Gasteiger partial charge in [-0.2, -0.15) is 0 Å². The van der Waals surface area contributed by atoms with Gasteiger partial charge in [-0.1, -0.05) is 25.5 Å². The molecule has 21 heavy (non-hydrogen) atoms. The normalized spacial score (nSPS) is 12.0. The van der Waals surface area contributed by atoms with Gasteiger partial charge in [-0.3, -0.25) is 9.59 Å². The molecule has 0 aliphatic heterocycles. The maximum absolute atomic E-state index is 12.6. The molecule has 1 atom stereocenters. The molecule has 4 nitrogen and oxygen atoms in total. The molecule has 0 aliphatic rings. The summed E-state index contributed by atoms with van der Waals surface area (Å²) in [5.41, 5.74) is 0.591. The van der Waals surface area contributed by atoms with Crippen LogP contribution in [0.2, 0.25) is 0 Å². The largest absolute Gasteiger partial charge is 0.480 e. The number of aliphatic carboxylic acids is 1. The number of hydrogen-bond acceptors (Lipinski definition) is 3. The van der Waals surface area contributed by atoms with Crippen molar-refractivity contribution in [3.63, 3.8) is 0 Å². The molecule has 0 fully saturated rings. The first-order valence-corrected chi connectivity index (χ1v) is 8.16. The molecule has 0 heterocycles. The molecular formula is C16H23NO3S. The van der Waals surface area contributed by atoms with Crippen LogP contribution in [0.3, 0.4) is 0 Å². The molecule has 0 aliphatic carbocycles. The average molecular weight is 309 g/mol. The van der Waals surface area contributed by atoms with Crippen LogP contribution < -0.4 is 0 Å². The number of benzene rings is 1. The fourth-order valence-electron chi connectivity index (χ4n) is 1.91. The lowest BCUT2D eigenvalue weighted by molar-refractivity contribution is -0.136. The molecule has 0 radical (unpaired) electrons. The van der Waals surface area contributed by atoms with E-state index in [1.54, 1.807) is 13.0 Å². The van der Waals surface area contributed by atoms with E-state index in [1.807, 2.05) is 30.0 Å². The summed E-state index contributed by atoms with van der Waals surface area (Å²) in [6.45, 7) is 7.08. The highest BCUT2D eigenvalue weighted by molar-refractivity contribution is 8.00. The van der Waals surface area contributed by atoms with Crippen molar-refractivity contribution in [3.05, 3.63) is 29.8 Å². The molecular weight excluding hydrogens is 286 g/mol. The minimum atomic E-state index is -0.874. The highest BCUT2D eigenvalue weighted by Crippen LogP contribution is 2.28. The topological polar surface area (TPSA) is 57.6 Å². The van der Waals surface area contributed by atoms with Crippen molar-refractivity contribution >= 4 is 23.6 Å². The molecule has 0 aromatic heterocycles. The van der Waals surface area contributed by atoms with Gasteiger partial charge in [-0.25, -0.2) is 0 Å². The lowest BCUT2D eigenvalue weighted by Gasteiger charge is -2.22. The van der Waals surface area contributed by atoms with Crippen LogP contribution >= 0.6 is 11.8 Å². The number of rotatable bonds is 8. The summed E-state index contributed by atoms with van der Waals surface area (Å²) >= 11 is 1.21. The third-order valence-electron chi connectivity index (χ3n) is 3.22. The summed E-state index contributed by atoms with van der Waals surface area (Å²) < 4.78 is 0. The van der Waals surface area contributed by atoms with E-state index in [0.29, 0.717) is 12.1 Å². The monoisotopic (exact) mass is 309 g/mol. The van der Waals surface area contributed by atoms with Gasteiger partial charge in [0.1, 0.15) is 5.25 Å². The molecule has 1 rings (SSSR count). The standard InChI is InChI=1S/C16H23NO3S/c1-4-6-11-17(5-2)15(18)13-9-7-8-10-14(13)21-12(3)16(19)20/h7-10,12H,4-6,11H2,1-3H3,(H,19,20).